The average molecular weight is 320 g/mol. The van der Waals surface area contributed by atoms with Crippen molar-refractivity contribution in [2.24, 2.45) is 11.8 Å². The molecule has 2 fully saturated rings. The maximum Gasteiger partial charge on any atom is 0.311 e. The predicted octanol–water partition coefficient (Wildman–Crippen LogP) is 0.668. The predicted molar refractivity (Wildman–Crippen MR) is 78.1 cm³/mol. The Balaban J connectivity index is 1.93. The molecule has 1 N–H and O–H groups in total. The Morgan fingerprint density at radius 3 is 2.81 bits per heavy atom. The van der Waals surface area contributed by atoms with Crippen LogP contribution in [0.1, 0.15) is 12.8 Å². The van der Waals surface area contributed by atoms with Gasteiger partial charge in [-0.1, -0.05) is 0 Å². The van der Waals surface area contributed by atoms with E-state index >= 15 is 0 Å². The lowest BCUT2D eigenvalue weighted by atomic mass is 9.77. The molecule has 1 heterocycles. The summed E-state index contributed by atoms with van der Waals surface area (Å²) in [6.07, 6.45) is 0.956. The molecular formula is C14H24O6S. The lowest BCUT2D eigenvalue weighted by Crippen LogP contribution is -2.47. The van der Waals surface area contributed by atoms with E-state index in [9.17, 15) is 9.90 Å². The molecule has 0 aromatic carbocycles. The van der Waals surface area contributed by atoms with E-state index in [1.807, 2.05) is 0 Å². The van der Waals surface area contributed by atoms with Crippen LogP contribution in [0.3, 0.4) is 0 Å². The Morgan fingerprint density at radius 1 is 1.29 bits per heavy atom. The number of hydrogen-bond acceptors (Lipinski definition) is 7. The molecule has 0 unspecified atom stereocenters. The number of aliphatic hydroxyl groups is 1. The van der Waals surface area contributed by atoms with Gasteiger partial charge in [0, 0.05) is 24.0 Å². The quantitative estimate of drug-likeness (QED) is 0.420. The Kier molecular flexibility index (Phi) is 6.75. The van der Waals surface area contributed by atoms with Crippen molar-refractivity contribution in [3.63, 3.8) is 0 Å². The monoisotopic (exact) mass is 320 g/mol. The van der Waals surface area contributed by atoms with Gasteiger partial charge in [-0.2, -0.15) is 11.8 Å². The zero-order valence-electron chi connectivity index (χ0n) is 12.5. The number of esters is 1. The van der Waals surface area contributed by atoms with E-state index in [2.05, 4.69) is 0 Å². The molecule has 122 valence electrons. The Hall–Kier alpha value is -0.340. The van der Waals surface area contributed by atoms with Gasteiger partial charge in [-0.05, 0) is 12.8 Å². The van der Waals surface area contributed by atoms with Crippen LogP contribution >= 0.6 is 11.8 Å². The van der Waals surface area contributed by atoms with Crippen LogP contribution in [0.4, 0.5) is 0 Å². The van der Waals surface area contributed by atoms with Crippen LogP contribution in [-0.4, -0.2) is 68.5 Å². The summed E-state index contributed by atoms with van der Waals surface area (Å²) in [7, 11) is 3.01. The molecular weight excluding hydrogens is 296 g/mol. The summed E-state index contributed by atoms with van der Waals surface area (Å²) in [5.41, 5.74) is 0. The topological polar surface area (TPSA) is 74.2 Å². The Bertz CT molecular complexity index is 339. The summed E-state index contributed by atoms with van der Waals surface area (Å²) < 4.78 is 21.0. The lowest BCUT2D eigenvalue weighted by molar-refractivity contribution is -0.165. The third-order valence-electron chi connectivity index (χ3n) is 4.19. The second kappa shape index (κ2) is 8.33. The number of fused-ring (bicyclic) bond motifs is 1. The highest BCUT2D eigenvalue weighted by atomic mass is 32.2. The van der Waals surface area contributed by atoms with Crippen LogP contribution in [0, 0.1) is 11.8 Å². The second-order valence-electron chi connectivity index (χ2n) is 5.39. The van der Waals surface area contributed by atoms with Crippen molar-refractivity contribution in [2.75, 3.05) is 40.0 Å². The van der Waals surface area contributed by atoms with Gasteiger partial charge in [-0.15, -0.1) is 0 Å². The van der Waals surface area contributed by atoms with Crippen molar-refractivity contribution in [3.05, 3.63) is 0 Å². The normalized spacial score (nSPS) is 35.5. The van der Waals surface area contributed by atoms with Gasteiger partial charge in [0.05, 0.1) is 38.4 Å². The molecule has 0 aromatic rings. The van der Waals surface area contributed by atoms with Crippen molar-refractivity contribution in [1.29, 1.82) is 0 Å². The summed E-state index contributed by atoms with van der Waals surface area (Å²) in [4.78, 5) is 11.9. The minimum atomic E-state index is -0.306. The molecule has 6 nitrogen and oxygen atoms in total. The van der Waals surface area contributed by atoms with Crippen molar-refractivity contribution in [3.8, 4) is 0 Å². The van der Waals surface area contributed by atoms with E-state index < -0.39 is 0 Å². The molecule has 1 aliphatic heterocycles. The first-order valence-electron chi connectivity index (χ1n) is 7.24. The first-order valence-corrected chi connectivity index (χ1v) is 8.29. The van der Waals surface area contributed by atoms with E-state index in [1.165, 1.54) is 7.11 Å². The van der Waals surface area contributed by atoms with Gasteiger partial charge in [-0.3, -0.25) is 4.79 Å². The van der Waals surface area contributed by atoms with Gasteiger partial charge in [0.15, 0.2) is 0 Å². The Labute approximate surface area is 129 Å². The largest absolute Gasteiger partial charge is 0.469 e. The van der Waals surface area contributed by atoms with E-state index in [0.717, 1.165) is 6.42 Å². The molecule has 5 atom stereocenters. The smallest absolute Gasteiger partial charge is 0.311 e. The van der Waals surface area contributed by atoms with Crippen molar-refractivity contribution >= 4 is 17.7 Å². The van der Waals surface area contributed by atoms with Gasteiger partial charge in [0.1, 0.15) is 6.79 Å². The molecule has 0 aromatic heterocycles. The molecule has 0 spiro atoms. The fraction of sp³-hybridized carbons (Fsp3) is 0.929. The van der Waals surface area contributed by atoms with Crippen LogP contribution in [-0.2, 0) is 23.7 Å². The molecule has 0 bridgehead atoms. The van der Waals surface area contributed by atoms with Gasteiger partial charge in [-0.25, -0.2) is 0 Å². The number of carbonyl (C=O) groups excluding carboxylic acids is 1. The third-order valence-corrected chi connectivity index (χ3v) is 5.72. The molecule has 2 rings (SSSR count). The summed E-state index contributed by atoms with van der Waals surface area (Å²) in [6, 6.07) is 0. The van der Waals surface area contributed by atoms with Crippen molar-refractivity contribution < 1.29 is 28.8 Å². The third kappa shape index (κ3) is 4.10. The fourth-order valence-corrected chi connectivity index (χ4v) is 4.77. The molecule has 0 amide bonds. The van der Waals surface area contributed by atoms with E-state index in [-0.39, 0.29) is 42.1 Å². The first kappa shape index (κ1) is 17.0. The standard InChI is InChI=1S/C14H24O6S/c1-17-5-6-19-8-20-12-10(14(16)18-2)4-3-9-11(15)7-21-13(9)12/h9-13,15H,3-8H2,1-2H3/t9-,10+,11+,12+,13+/m1/s1. The molecule has 1 aliphatic carbocycles. The highest BCUT2D eigenvalue weighted by Crippen LogP contribution is 2.45. The number of ether oxygens (including phenoxy) is 4. The van der Waals surface area contributed by atoms with Crippen LogP contribution in [0.15, 0.2) is 0 Å². The number of carbonyl (C=O) groups is 1. The molecule has 0 radical (unpaired) electrons. The minimum absolute atomic E-state index is 0.126. The molecule has 21 heavy (non-hydrogen) atoms. The molecule has 1 saturated carbocycles. The number of thioether (sulfide) groups is 1. The highest BCUT2D eigenvalue weighted by molar-refractivity contribution is 8.00. The first-order chi connectivity index (χ1) is 10.2. The number of hydrogen-bond donors (Lipinski definition) is 1. The highest BCUT2D eigenvalue weighted by Gasteiger charge is 2.49. The van der Waals surface area contributed by atoms with Crippen molar-refractivity contribution in [2.45, 2.75) is 30.3 Å². The summed E-state index contributed by atoms with van der Waals surface area (Å²) in [5.74, 6) is 0.380. The molecule has 2 aliphatic rings. The maximum atomic E-state index is 11.9. The Morgan fingerprint density at radius 2 is 2.10 bits per heavy atom. The zero-order valence-corrected chi connectivity index (χ0v) is 13.3. The van der Waals surface area contributed by atoms with Gasteiger partial charge < -0.3 is 24.1 Å². The van der Waals surface area contributed by atoms with E-state index in [4.69, 9.17) is 18.9 Å². The van der Waals surface area contributed by atoms with E-state index in [0.29, 0.717) is 25.4 Å². The van der Waals surface area contributed by atoms with Gasteiger partial charge in [0.2, 0.25) is 0 Å². The SMILES string of the molecule is COCCOCO[C@@H]1[C@H]2SC[C@H](O)[C@H]2CC[C@@H]1C(=O)OC. The van der Waals surface area contributed by atoms with Crippen LogP contribution in [0.5, 0.6) is 0 Å². The number of rotatable bonds is 7. The minimum Gasteiger partial charge on any atom is -0.469 e. The van der Waals surface area contributed by atoms with Crippen LogP contribution in [0.2, 0.25) is 0 Å². The number of aliphatic hydroxyl groups excluding tert-OH is 1. The summed E-state index contributed by atoms with van der Waals surface area (Å²) in [5, 5.41) is 10.2. The lowest BCUT2D eigenvalue weighted by Gasteiger charge is -2.38. The van der Waals surface area contributed by atoms with Crippen LogP contribution < -0.4 is 0 Å². The molecule has 7 heteroatoms. The average Bonchev–Trinajstić information content (AvgIpc) is 2.88. The van der Waals surface area contributed by atoms with Crippen molar-refractivity contribution in [1.82, 2.24) is 0 Å². The fourth-order valence-electron chi connectivity index (χ4n) is 3.08. The second-order valence-corrected chi connectivity index (χ2v) is 6.60. The zero-order chi connectivity index (χ0) is 15.2. The van der Waals surface area contributed by atoms with Gasteiger partial charge >= 0.3 is 5.97 Å². The summed E-state index contributed by atoms with van der Waals surface area (Å²) in [6.45, 7) is 1.09. The maximum absolute atomic E-state index is 11.9. The van der Waals surface area contributed by atoms with Gasteiger partial charge in [0.25, 0.3) is 0 Å². The summed E-state index contributed by atoms with van der Waals surface area (Å²) >= 11 is 1.68. The molecule has 1 saturated heterocycles. The van der Waals surface area contributed by atoms with E-state index in [1.54, 1.807) is 18.9 Å². The van der Waals surface area contributed by atoms with Crippen LogP contribution in [0.25, 0.3) is 0 Å². The number of methoxy groups -OCH3 is 2.